The maximum absolute atomic E-state index is 10.7. The van der Waals surface area contributed by atoms with Crippen molar-refractivity contribution < 1.29 is 50.3 Å². The van der Waals surface area contributed by atoms with Crippen LogP contribution in [0.3, 0.4) is 0 Å². The number of fused-ring (bicyclic) bond motifs is 2. The lowest BCUT2D eigenvalue weighted by atomic mass is 9.77. The minimum atomic E-state index is -1.68. The quantitative estimate of drug-likeness (QED) is 0.297. The highest BCUT2D eigenvalue weighted by atomic mass is 16.5. The molecule has 0 bridgehead atoms. The molecule has 30 heavy (non-hydrogen) atoms. The molecule has 2 aromatic carbocycles. The first-order valence-electron chi connectivity index (χ1n) is 9.28. The van der Waals surface area contributed by atoms with Crippen LogP contribution in [0.5, 0.6) is 28.7 Å². The molecule has 0 aliphatic carbocycles. The van der Waals surface area contributed by atoms with Crippen LogP contribution in [0.1, 0.15) is 22.6 Å². The molecule has 6 atom stereocenters. The number of hydrogen-bond donors (Lipinski definition) is 8. The summed E-state index contributed by atoms with van der Waals surface area (Å²) in [4.78, 5) is 0. The molecule has 0 saturated carbocycles. The Balaban J connectivity index is 1.95. The third kappa shape index (κ3) is 3.05. The van der Waals surface area contributed by atoms with Crippen LogP contribution in [0.2, 0.25) is 0 Å². The van der Waals surface area contributed by atoms with Gasteiger partial charge in [0.05, 0.1) is 24.9 Å². The Kier molecular flexibility index (Phi) is 5.22. The Morgan fingerprint density at radius 1 is 0.800 bits per heavy atom. The Bertz CT molecular complexity index is 959. The van der Waals surface area contributed by atoms with Crippen molar-refractivity contribution in [3.63, 3.8) is 0 Å². The lowest BCUT2D eigenvalue weighted by Crippen LogP contribution is -2.60. The Morgan fingerprint density at radius 2 is 1.50 bits per heavy atom. The molecule has 0 radical (unpaired) electrons. The molecule has 2 heterocycles. The van der Waals surface area contributed by atoms with Crippen LogP contribution >= 0.6 is 0 Å². The van der Waals surface area contributed by atoms with E-state index in [0.717, 1.165) is 0 Å². The van der Waals surface area contributed by atoms with Crippen molar-refractivity contribution in [1.82, 2.24) is 0 Å². The smallest absolute Gasteiger partial charge is 0.176 e. The van der Waals surface area contributed by atoms with Crippen LogP contribution in [0, 0.1) is 0 Å². The van der Waals surface area contributed by atoms with Crippen molar-refractivity contribution in [3.05, 3.63) is 41.0 Å². The SMILES string of the molecule is OCc1cc(O)c2c(c1)[C@@H]([C@H]1O[C@H](CO)[C@@H](O)[C@H](O)[C@H]1O)c1c(O)ccc(O)c1O2. The summed E-state index contributed by atoms with van der Waals surface area (Å²) in [6.45, 7) is -1.08. The molecule has 0 unspecified atom stereocenters. The first-order valence-corrected chi connectivity index (χ1v) is 9.28. The zero-order chi connectivity index (χ0) is 21.7. The average molecular weight is 422 g/mol. The van der Waals surface area contributed by atoms with Gasteiger partial charge in [0, 0.05) is 11.5 Å². The second kappa shape index (κ2) is 7.58. The molecule has 0 aromatic heterocycles. The van der Waals surface area contributed by atoms with Gasteiger partial charge in [-0.3, -0.25) is 0 Å². The average Bonchev–Trinajstić information content (AvgIpc) is 2.74. The third-order valence-corrected chi connectivity index (χ3v) is 5.60. The number of rotatable bonds is 3. The van der Waals surface area contributed by atoms with Gasteiger partial charge in [-0.25, -0.2) is 0 Å². The fourth-order valence-electron chi connectivity index (χ4n) is 4.12. The molecule has 2 aromatic rings. The van der Waals surface area contributed by atoms with E-state index in [0.29, 0.717) is 5.56 Å². The summed E-state index contributed by atoms with van der Waals surface area (Å²) < 4.78 is 11.3. The van der Waals surface area contributed by atoms with Gasteiger partial charge in [-0.15, -0.1) is 0 Å². The number of hydrogen-bond acceptors (Lipinski definition) is 10. The zero-order valence-corrected chi connectivity index (χ0v) is 15.6. The minimum Gasteiger partial charge on any atom is -0.508 e. The number of aromatic hydroxyl groups is 3. The Morgan fingerprint density at radius 3 is 2.17 bits per heavy atom. The van der Waals surface area contributed by atoms with Crippen molar-refractivity contribution in [1.29, 1.82) is 0 Å². The normalized spacial score (nSPS) is 30.3. The number of aliphatic hydroxyl groups is 5. The van der Waals surface area contributed by atoms with Crippen LogP contribution in [0.15, 0.2) is 24.3 Å². The molecule has 8 N–H and O–H groups in total. The second-order valence-electron chi connectivity index (χ2n) is 7.41. The molecule has 1 saturated heterocycles. The first-order chi connectivity index (χ1) is 14.3. The topological polar surface area (TPSA) is 180 Å². The molecule has 1 fully saturated rings. The summed E-state index contributed by atoms with van der Waals surface area (Å²) in [5.41, 5.74) is 0.519. The standard InChI is InChI=1S/C20H22O10/c21-5-7-3-8-13(20-17(28)16(27)15(26)12(6-22)29-20)14-9(23)1-2-10(24)19(14)30-18(8)11(25)4-7/h1-4,12-13,15-17,20-28H,5-6H2/t12-,13-,15-,16+,17-,20-/m1/s1. The van der Waals surface area contributed by atoms with Crippen LogP contribution in [0.4, 0.5) is 0 Å². The molecule has 4 rings (SSSR count). The zero-order valence-electron chi connectivity index (χ0n) is 15.6. The van der Waals surface area contributed by atoms with E-state index in [1.54, 1.807) is 0 Å². The van der Waals surface area contributed by atoms with Crippen molar-refractivity contribution >= 4 is 0 Å². The Labute approximate surface area is 170 Å². The van der Waals surface area contributed by atoms with Gasteiger partial charge >= 0.3 is 0 Å². The summed E-state index contributed by atoms with van der Waals surface area (Å²) in [6.07, 6.45) is -7.45. The number of phenolic OH excluding ortho intramolecular Hbond substituents is 3. The lowest BCUT2D eigenvalue weighted by Gasteiger charge is -2.44. The molecule has 0 spiro atoms. The van der Waals surface area contributed by atoms with Crippen LogP contribution in [-0.4, -0.2) is 78.0 Å². The monoisotopic (exact) mass is 422 g/mol. The molecular formula is C20H22O10. The fraction of sp³-hybridized carbons (Fsp3) is 0.400. The highest BCUT2D eigenvalue weighted by molar-refractivity contribution is 5.66. The van der Waals surface area contributed by atoms with Crippen molar-refractivity contribution in [3.8, 4) is 28.7 Å². The maximum Gasteiger partial charge on any atom is 0.176 e. The largest absolute Gasteiger partial charge is 0.508 e. The van der Waals surface area contributed by atoms with Crippen LogP contribution < -0.4 is 4.74 Å². The van der Waals surface area contributed by atoms with Gasteiger partial charge in [0.2, 0.25) is 0 Å². The summed E-state index contributed by atoms with van der Waals surface area (Å²) >= 11 is 0. The van der Waals surface area contributed by atoms with E-state index in [9.17, 15) is 40.9 Å². The van der Waals surface area contributed by atoms with E-state index in [1.165, 1.54) is 24.3 Å². The van der Waals surface area contributed by atoms with E-state index in [2.05, 4.69) is 0 Å². The van der Waals surface area contributed by atoms with Gasteiger partial charge in [0.1, 0.15) is 30.2 Å². The van der Waals surface area contributed by atoms with Crippen molar-refractivity contribution in [2.45, 2.75) is 43.0 Å². The summed E-state index contributed by atoms with van der Waals surface area (Å²) in [5, 5.41) is 81.3. The molecule has 2 aliphatic heterocycles. The molecule has 2 aliphatic rings. The van der Waals surface area contributed by atoms with E-state index in [4.69, 9.17) is 9.47 Å². The second-order valence-corrected chi connectivity index (χ2v) is 7.41. The molecule has 162 valence electrons. The number of benzene rings is 2. The predicted octanol–water partition coefficient (Wildman–Crippen LogP) is -0.624. The third-order valence-electron chi connectivity index (χ3n) is 5.60. The fourth-order valence-corrected chi connectivity index (χ4v) is 4.12. The highest BCUT2D eigenvalue weighted by Gasteiger charge is 2.50. The summed E-state index contributed by atoms with van der Waals surface area (Å²) in [5.74, 6) is -2.41. The molecular weight excluding hydrogens is 400 g/mol. The predicted molar refractivity (Wildman–Crippen MR) is 99.5 cm³/mol. The number of aliphatic hydroxyl groups excluding tert-OH is 5. The highest BCUT2D eigenvalue weighted by Crippen LogP contribution is 2.56. The van der Waals surface area contributed by atoms with Gasteiger partial charge in [-0.1, -0.05) is 0 Å². The molecule has 10 heteroatoms. The van der Waals surface area contributed by atoms with Gasteiger partial charge < -0.3 is 50.3 Å². The van der Waals surface area contributed by atoms with Crippen LogP contribution in [0.25, 0.3) is 0 Å². The minimum absolute atomic E-state index is 0.0151. The molecule has 10 nitrogen and oxygen atoms in total. The summed E-state index contributed by atoms with van der Waals surface area (Å²) in [7, 11) is 0. The maximum atomic E-state index is 10.7. The lowest BCUT2D eigenvalue weighted by molar-refractivity contribution is -0.232. The first kappa shape index (κ1) is 20.7. The van der Waals surface area contributed by atoms with E-state index >= 15 is 0 Å². The van der Waals surface area contributed by atoms with Crippen molar-refractivity contribution in [2.24, 2.45) is 0 Å². The Hall–Kier alpha value is -2.60. The van der Waals surface area contributed by atoms with E-state index in [-0.39, 0.29) is 39.9 Å². The number of ether oxygens (including phenoxy) is 2. The van der Waals surface area contributed by atoms with Crippen LogP contribution in [-0.2, 0) is 11.3 Å². The van der Waals surface area contributed by atoms with Gasteiger partial charge in [-0.05, 0) is 29.8 Å². The number of phenols is 3. The molecule has 0 amide bonds. The van der Waals surface area contributed by atoms with Crippen molar-refractivity contribution in [2.75, 3.05) is 6.61 Å². The van der Waals surface area contributed by atoms with Gasteiger partial charge in [0.25, 0.3) is 0 Å². The summed E-state index contributed by atoms with van der Waals surface area (Å²) in [6, 6.07) is 5.11. The van der Waals surface area contributed by atoms with Gasteiger partial charge in [-0.2, -0.15) is 0 Å². The van der Waals surface area contributed by atoms with E-state index < -0.39 is 49.7 Å². The van der Waals surface area contributed by atoms with E-state index in [1.807, 2.05) is 0 Å². The van der Waals surface area contributed by atoms with Gasteiger partial charge in [0.15, 0.2) is 23.0 Å².